The minimum Gasteiger partial charge on any atom is -0.507 e. The molecule has 1 aromatic carbocycles. The summed E-state index contributed by atoms with van der Waals surface area (Å²) < 4.78 is 0. The minimum absolute atomic E-state index is 0.00205. The highest BCUT2D eigenvalue weighted by molar-refractivity contribution is 5.97. The van der Waals surface area contributed by atoms with E-state index in [1.54, 1.807) is 35.4 Å². The van der Waals surface area contributed by atoms with Gasteiger partial charge >= 0.3 is 0 Å². The van der Waals surface area contributed by atoms with Crippen LogP contribution in [-0.4, -0.2) is 39.9 Å². The van der Waals surface area contributed by atoms with Crippen LogP contribution in [0.5, 0.6) is 5.75 Å². The van der Waals surface area contributed by atoms with Gasteiger partial charge in [-0.3, -0.25) is 9.59 Å². The number of rotatable bonds is 4. The number of carbonyl (C=O) groups excluding carboxylic acids is 2. The molecule has 1 fully saturated rings. The van der Waals surface area contributed by atoms with E-state index >= 15 is 0 Å². The van der Waals surface area contributed by atoms with Crippen LogP contribution in [0.15, 0.2) is 42.6 Å². The van der Waals surface area contributed by atoms with Crippen LogP contribution in [0.3, 0.4) is 0 Å². The largest absolute Gasteiger partial charge is 0.507 e. The molecule has 2 amide bonds. The summed E-state index contributed by atoms with van der Waals surface area (Å²) in [5, 5.41) is 12.8. The summed E-state index contributed by atoms with van der Waals surface area (Å²) in [6, 6.07) is 10.5. The van der Waals surface area contributed by atoms with Crippen molar-refractivity contribution in [1.82, 2.24) is 9.88 Å². The molecule has 6 nitrogen and oxygen atoms in total. The Labute approximate surface area is 152 Å². The van der Waals surface area contributed by atoms with Gasteiger partial charge in [0.2, 0.25) is 5.91 Å². The molecule has 0 bridgehead atoms. The highest BCUT2D eigenvalue weighted by Crippen LogP contribution is 2.25. The van der Waals surface area contributed by atoms with Crippen molar-refractivity contribution in [3.8, 4) is 5.75 Å². The Morgan fingerprint density at radius 2 is 2.00 bits per heavy atom. The van der Waals surface area contributed by atoms with Gasteiger partial charge in [-0.1, -0.05) is 19.1 Å². The number of hydrogen-bond acceptors (Lipinski definition) is 4. The molecule has 0 saturated carbocycles. The number of carbonyl (C=O) groups is 2. The molecule has 2 aromatic rings. The second-order valence-electron chi connectivity index (χ2n) is 6.48. The Morgan fingerprint density at radius 1 is 1.23 bits per heavy atom. The summed E-state index contributed by atoms with van der Waals surface area (Å²) in [6.07, 6.45) is 3.63. The maximum Gasteiger partial charge on any atom is 0.257 e. The van der Waals surface area contributed by atoms with Gasteiger partial charge < -0.3 is 15.3 Å². The Balaban J connectivity index is 1.59. The van der Waals surface area contributed by atoms with Gasteiger partial charge in [-0.25, -0.2) is 4.98 Å². The molecule has 0 atom stereocenters. The van der Waals surface area contributed by atoms with Gasteiger partial charge in [0.25, 0.3) is 5.91 Å². The molecule has 0 unspecified atom stereocenters. The van der Waals surface area contributed by atoms with E-state index in [0.29, 0.717) is 37.3 Å². The van der Waals surface area contributed by atoms with Crippen LogP contribution in [-0.2, 0) is 11.2 Å². The van der Waals surface area contributed by atoms with Gasteiger partial charge in [0.1, 0.15) is 11.6 Å². The van der Waals surface area contributed by atoms with E-state index in [-0.39, 0.29) is 23.5 Å². The Hall–Kier alpha value is -2.89. The van der Waals surface area contributed by atoms with Crippen LogP contribution < -0.4 is 5.32 Å². The van der Waals surface area contributed by atoms with Crippen molar-refractivity contribution in [2.75, 3.05) is 18.4 Å². The van der Waals surface area contributed by atoms with Crippen molar-refractivity contribution < 1.29 is 14.7 Å². The van der Waals surface area contributed by atoms with E-state index in [0.717, 1.165) is 12.0 Å². The summed E-state index contributed by atoms with van der Waals surface area (Å²) in [5.74, 6) is 0.157. The maximum absolute atomic E-state index is 12.7. The normalized spacial score (nSPS) is 14.9. The summed E-state index contributed by atoms with van der Waals surface area (Å²) in [4.78, 5) is 30.9. The second kappa shape index (κ2) is 7.99. The third kappa shape index (κ3) is 4.02. The lowest BCUT2D eigenvalue weighted by Crippen LogP contribution is -2.41. The molecule has 0 spiro atoms. The lowest BCUT2D eigenvalue weighted by molar-refractivity contribution is -0.121. The van der Waals surface area contributed by atoms with Gasteiger partial charge in [0.15, 0.2) is 0 Å². The second-order valence-corrected chi connectivity index (χ2v) is 6.48. The molecular weight excluding hydrogens is 330 g/mol. The third-order valence-corrected chi connectivity index (χ3v) is 4.77. The van der Waals surface area contributed by atoms with E-state index in [1.165, 1.54) is 0 Å². The molecule has 6 heteroatoms. The van der Waals surface area contributed by atoms with Gasteiger partial charge in [0.05, 0.1) is 5.56 Å². The summed E-state index contributed by atoms with van der Waals surface area (Å²) >= 11 is 0. The summed E-state index contributed by atoms with van der Waals surface area (Å²) in [6.45, 7) is 3.00. The monoisotopic (exact) mass is 353 g/mol. The zero-order chi connectivity index (χ0) is 18.5. The zero-order valence-corrected chi connectivity index (χ0v) is 14.8. The number of benzene rings is 1. The molecule has 0 radical (unpaired) electrons. The first-order valence-corrected chi connectivity index (χ1v) is 8.91. The predicted octanol–water partition coefficient (Wildman–Crippen LogP) is 2.84. The van der Waals surface area contributed by atoms with Gasteiger partial charge in [0, 0.05) is 25.2 Å². The first-order valence-electron chi connectivity index (χ1n) is 8.91. The number of pyridine rings is 1. The molecule has 1 saturated heterocycles. The zero-order valence-electron chi connectivity index (χ0n) is 14.8. The number of aromatic nitrogens is 1. The number of amides is 2. The number of phenolic OH excluding ortho intramolecular Hbond substituents is 1. The number of nitrogens with one attached hydrogen (secondary N) is 1. The van der Waals surface area contributed by atoms with Gasteiger partial charge in [-0.2, -0.15) is 0 Å². The highest BCUT2D eigenvalue weighted by atomic mass is 16.3. The van der Waals surface area contributed by atoms with Crippen LogP contribution in [0.1, 0.15) is 35.7 Å². The molecule has 2 heterocycles. The lowest BCUT2D eigenvalue weighted by Gasteiger charge is -2.31. The number of hydrogen-bond donors (Lipinski definition) is 2. The number of aryl methyl sites for hydroxylation is 1. The molecule has 26 heavy (non-hydrogen) atoms. The van der Waals surface area contributed by atoms with Crippen molar-refractivity contribution in [1.29, 1.82) is 0 Å². The fourth-order valence-electron chi connectivity index (χ4n) is 3.15. The van der Waals surface area contributed by atoms with Gasteiger partial charge in [-0.05, 0) is 49.1 Å². The standard InChI is InChI=1S/C20H23N3O3/c1-2-14-6-7-17(24)16(13-14)20(26)23-11-8-15(9-12-23)19(25)22-18-5-3-4-10-21-18/h3-7,10,13,15,24H,2,8-9,11-12H2,1H3,(H,21,22,25). The quantitative estimate of drug-likeness (QED) is 0.885. The molecular formula is C20H23N3O3. The van der Waals surface area contributed by atoms with Crippen LogP contribution in [0.2, 0.25) is 0 Å². The maximum atomic E-state index is 12.7. The fraction of sp³-hybridized carbons (Fsp3) is 0.350. The van der Waals surface area contributed by atoms with Crippen molar-refractivity contribution >= 4 is 17.6 Å². The predicted molar refractivity (Wildman–Crippen MR) is 99.0 cm³/mol. The number of aromatic hydroxyl groups is 1. The molecule has 1 aliphatic rings. The van der Waals surface area contributed by atoms with Crippen LogP contribution in [0.4, 0.5) is 5.82 Å². The first-order chi connectivity index (χ1) is 12.6. The van der Waals surface area contributed by atoms with Crippen LogP contribution in [0, 0.1) is 5.92 Å². The van der Waals surface area contributed by atoms with E-state index in [4.69, 9.17) is 0 Å². The number of likely N-dealkylation sites (tertiary alicyclic amines) is 1. The fourth-order valence-corrected chi connectivity index (χ4v) is 3.15. The Bertz CT molecular complexity index is 784. The molecule has 2 N–H and O–H groups in total. The molecule has 3 rings (SSSR count). The highest BCUT2D eigenvalue weighted by Gasteiger charge is 2.29. The molecule has 0 aliphatic carbocycles. The smallest absolute Gasteiger partial charge is 0.257 e. The average Bonchev–Trinajstić information content (AvgIpc) is 2.69. The third-order valence-electron chi connectivity index (χ3n) is 4.77. The van der Waals surface area contributed by atoms with Gasteiger partial charge in [-0.15, -0.1) is 0 Å². The van der Waals surface area contributed by atoms with Crippen molar-refractivity contribution in [3.63, 3.8) is 0 Å². The van der Waals surface area contributed by atoms with E-state index in [9.17, 15) is 14.7 Å². The summed E-state index contributed by atoms with van der Waals surface area (Å²) in [5.41, 5.74) is 1.34. The van der Waals surface area contributed by atoms with E-state index in [1.807, 2.05) is 19.1 Å². The van der Waals surface area contributed by atoms with Crippen LogP contribution >= 0.6 is 0 Å². The van der Waals surface area contributed by atoms with Crippen molar-refractivity contribution in [3.05, 3.63) is 53.7 Å². The number of anilines is 1. The van der Waals surface area contributed by atoms with E-state index in [2.05, 4.69) is 10.3 Å². The molecule has 136 valence electrons. The Kier molecular flexibility index (Phi) is 5.51. The molecule has 1 aromatic heterocycles. The average molecular weight is 353 g/mol. The summed E-state index contributed by atoms with van der Waals surface area (Å²) in [7, 11) is 0. The first kappa shape index (κ1) is 17.9. The van der Waals surface area contributed by atoms with Crippen molar-refractivity contribution in [2.24, 2.45) is 5.92 Å². The number of piperidine rings is 1. The SMILES string of the molecule is CCc1ccc(O)c(C(=O)N2CCC(C(=O)Nc3ccccn3)CC2)c1. The minimum atomic E-state index is -0.179. The van der Waals surface area contributed by atoms with Crippen molar-refractivity contribution in [2.45, 2.75) is 26.2 Å². The Morgan fingerprint density at radius 3 is 2.65 bits per heavy atom. The van der Waals surface area contributed by atoms with Crippen LogP contribution in [0.25, 0.3) is 0 Å². The molecule has 1 aliphatic heterocycles. The number of nitrogens with zero attached hydrogens (tertiary/aromatic N) is 2. The topological polar surface area (TPSA) is 82.5 Å². The lowest BCUT2D eigenvalue weighted by atomic mass is 9.95. The number of phenols is 1. The van der Waals surface area contributed by atoms with E-state index < -0.39 is 0 Å².